The molecular weight excluding hydrogens is 392 g/mol. The average Bonchev–Trinajstić information content (AvgIpc) is 3.35. The van der Waals surface area contributed by atoms with Crippen molar-refractivity contribution in [1.82, 2.24) is 20.1 Å². The molecule has 0 radical (unpaired) electrons. The van der Waals surface area contributed by atoms with Gasteiger partial charge in [-0.05, 0) is 37.6 Å². The molecule has 0 saturated heterocycles. The zero-order chi connectivity index (χ0) is 20.8. The van der Waals surface area contributed by atoms with E-state index in [4.69, 9.17) is 4.42 Å². The van der Waals surface area contributed by atoms with Crippen LogP contribution in [0.5, 0.6) is 0 Å². The molecule has 0 spiro atoms. The zero-order valence-corrected chi connectivity index (χ0v) is 17.3. The number of furan rings is 1. The second-order valence-corrected chi connectivity index (χ2v) is 7.14. The maximum Gasteiger partial charge on any atom is 0.337 e. The molecule has 0 fully saturated rings. The molecule has 0 bridgehead atoms. The van der Waals surface area contributed by atoms with Gasteiger partial charge >= 0.3 is 5.97 Å². The summed E-state index contributed by atoms with van der Waals surface area (Å²) >= 11 is 1.33. The van der Waals surface area contributed by atoms with Crippen molar-refractivity contribution in [2.45, 2.75) is 32.1 Å². The molecule has 29 heavy (non-hydrogen) atoms. The summed E-state index contributed by atoms with van der Waals surface area (Å²) in [6, 6.07) is 8.77. The second kappa shape index (κ2) is 9.42. The predicted molar refractivity (Wildman–Crippen MR) is 108 cm³/mol. The molecule has 2 heterocycles. The number of esters is 1. The Kier molecular flexibility index (Phi) is 6.71. The van der Waals surface area contributed by atoms with Crippen molar-refractivity contribution in [2.75, 3.05) is 12.9 Å². The summed E-state index contributed by atoms with van der Waals surface area (Å²) in [6.07, 6.45) is 1.62. The Morgan fingerprint density at radius 3 is 2.59 bits per heavy atom. The van der Waals surface area contributed by atoms with Crippen LogP contribution >= 0.6 is 11.8 Å². The molecular formula is C20H22N4O4S. The molecule has 3 aromatic rings. The number of aromatic nitrogens is 3. The zero-order valence-electron chi connectivity index (χ0n) is 16.5. The highest BCUT2D eigenvalue weighted by molar-refractivity contribution is 7.99. The third kappa shape index (κ3) is 4.86. The first kappa shape index (κ1) is 20.7. The fourth-order valence-electron chi connectivity index (χ4n) is 2.76. The van der Waals surface area contributed by atoms with Crippen molar-refractivity contribution < 1.29 is 18.7 Å². The molecule has 0 aliphatic heterocycles. The molecule has 1 N–H and O–H groups in total. The lowest BCUT2D eigenvalue weighted by molar-refractivity contribution is -0.118. The Labute approximate surface area is 172 Å². The summed E-state index contributed by atoms with van der Waals surface area (Å²) in [5.41, 5.74) is 2.26. The number of methoxy groups -OCH3 is 1. The number of carbonyl (C=O) groups is 2. The number of thioether (sulfide) groups is 1. The van der Waals surface area contributed by atoms with Crippen LogP contribution in [0, 0.1) is 6.92 Å². The van der Waals surface area contributed by atoms with Gasteiger partial charge in [0.25, 0.3) is 0 Å². The lowest BCUT2D eigenvalue weighted by Crippen LogP contribution is -2.24. The molecule has 152 valence electrons. The summed E-state index contributed by atoms with van der Waals surface area (Å²) in [7, 11) is 1.34. The van der Waals surface area contributed by atoms with Gasteiger partial charge in [-0.1, -0.05) is 23.9 Å². The Bertz CT molecular complexity index is 994. The highest BCUT2D eigenvalue weighted by Gasteiger charge is 2.17. The minimum Gasteiger partial charge on any atom is -0.469 e. The van der Waals surface area contributed by atoms with E-state index in [1.807, 2.05) is 24.5 Å². The molecule has 0 unspecified atom stereocenters. The standard InChI is InChI=1S/C20H22N4O4S/c1-4-24-18(16-9-10-28-13(16)2)22-23-20(24)29-12-17(25)21-11-14-5-7-15(8-6-14)19(26)27-3/h5-10H,4,11-12H2,1-3H3,(H,21,25). The van der Waals surface area contributed by atoms with E-state index in [-0.39, 0.29) is 17.6 Å². The van der Waals surface area contributed by atoms with E-state index in [1.165, 1.54) is 18.9 Å². The first-order valence-electron chi connectivity index (χ1n) is 9.08. The van der Waals surface area contributed by atoms with Gasteiger partial charge in [0.2, 0.25) is 5.91 Å². The van der Waals surface area contributed by atoms with Crippen LogP contribution in [-0.4, -0.2) is 39.5 Å². The Morgan fingerprint density at radius 2 is 1.97 bits per heavy atom. The van der Waals surface area contributed by atoms with E-state index in [9.17, 15) is 9.59 Å². The number of carbonyl (C=O) groups excluding carboxylic acids is 2. The summed E-state index contributed by atoms with van der Waals surface area (Å²) in [5.74, 6) is 1.23. The Balaban J connectivity index is 1.55. The molecule has 0 aliphatic carbocycles. The molecule has 1 amide bonds. The fraction of sp³-hybridized carbons (Fsp3) is 0.300. The monoisotopic (exact) mass is 414 g/mol. The maximum atomic E-state index is 12.2. The van der Waals surface area contributed by atoms with E-state index >= 15 is 0 Å². The summed E-state index contributed by atoms with van der Waals surface area (Å²) < 4.78 is 12.0. The SMILES string of the molecule is CCn1c(SCC(=O)NCc2ccc(C(=O)OC)cc2)nnc1-c1ccoc1C. The fourth-order valence-corrected chi connectivity index (χ4v) is 3.59. The maximum absolute atomic E-state index is 12.2. The second-order valence-electron chi connectivity index (χ2n) is 6.19. The van der Waals surface area contributed by atoms with Crippen molar-refractivity contribution in [3.63, 3.8) is 0 Å². The van der Waals surface area contributed by atoms with Crippen molar-refractivity contribution in [2.24, 2.45) is 0 Å². The van der Waals surface area contributed by atoms with Gasteiger partial charge in [-0.25, -0.2) is 4.79 Å². The van der Waals surface area contributed by atoms with Gasteiger partial charge in [-0.3, -0.25) is 4.79 Å². The van der Waals surface area contributed by atoms with Crippen molar-refractivity contribution >= 4 is 23.6 Å². The number of ether oxygens (including phenoxy) is 1. The highest BCUT2D eigenvalue weighted by atomic mass is 32.2. The van der Waals surface area contributed by atoms with Gasteiger partial charge in [0, 0.05) is 13.1 Å². The molecule has 0 aliphatic rings. The summed E-state index contributed by atoms with van der Waals surface area (Å²) in [6.45, 7) is 4.94. The highest BCUT2D eigenvalue weighted by Crippen LogP contribution is 2.26. The van der Waals surface area contributed by atoms with E-state index < -0.39 is 0 Å². The predicted octanol–water partition coefficient (Wildman–Crippen LogP) is 3.06. The first-order valence-corrected chi connectivity index (χ1v) is 10.1. The molecule has 8 nitrogen and oxygen atoms in total. The van der Waals surface area contributed by atoms with Crippen LogP contribution in [0.3, 0.4) is 0 Å². The number of rotatable bonds is 8. The van der Waals surface area contributed by atoms with Crippen LogP contribution in [0.1, 0.15) is 28.6 Å². The van der Waals surface area contributed by atoms with Crippen molar-refractivity contribution in [3.8, 4) is 11.4 Å². The van der Waals surface area contributed by atoms with Crippen LogP contribution < -0.4 is 5.32 Å². The number of benzene rings is 1. The van der Waals surface area contributed by atoms with Gasteiger partial charge in [-0.15, -0.1) is 10.2 Å². The van der Waals surface area contributed by atoms with Gasteiger partial charge in [-0.2, -0.15) is 0 Å². The van der Waals surface area contributed by atoms with Gasteiger partial charge in [0.05, 0.1) is 30.3 Å². The molecule has 9 heteroatoms. The number of nitrogens with zero attached hydrogens (tertiary/aromatic N) is 3. The van der Waals surface area contributed by atoms with Gasteiger partial charge in [0.15, 0.2) is 11.0 Å². The van der Waals surface area contributed by atoms with Crippen molar-refractivity contribution in [3.05, 3.63) is 53.5 Å². The largest absolute Gasteiger partial charge is 0.469 e. The molecule has 1 aromatic carbocycles. The normalized spacial score (nSPS) is 10.7. The summed E-state index contributed by atoms with van der Waals surface area (Å²) in [4.78, 5) is 23.7. The van der Waals surface area contributed by atoms with Crippen LogP contribution in [0.25, 0.3) is 11.4 Å². The lowest BCUT2D eigenvalue weighted by Gasteiger charge is -2.08. The molecule has 0 saturated carbocycles. The van der Waals surface area contributed by atoms with E-state index in [0.29, 0.717) is 23.8 Å². The number of nitrogens with one attached hydrogen (secondary N) is 1. The lowest BCUT2D eigenvalue weighted by atomic mass is 10.1. The van der Waals surface area contributed by atoms with Gasteiger partial charge < -0.3 is 19.0 Å². The summed E-state index contributed by atoms with van der Waals surface area (Å²) in [5, 5.41) is 12.0. The van der Waals surface area contributed by atoms with Crippen LogP contribution in [0.2, 0.25) is 0 Å². The molecule has 0 atom stereocenters. The van der Waals surface area contributed by atoms with Crippen LogP contribution in [-0.2, 0) is 22.6 Å². The van der Waals surface area contributed by atoms with E-state index in [2.05, 4.69) is 20.3 Å². The minimum atomic E-state index is -0.387. The average molecular weight is 414 g/mol. The van der Waals surface area contributed by atoms with Crippen LogP contribution in [0.15, 0.2) is 46.2 Å². The topological polar surface area (TPSA) is 99.2 Å². The number of hydrogen-bond acceptors (Lipinski definition) is 7. The van der Waals surface area contributed by atoms with E-state index in [1.54, 1.807) is 30.5 Å². The van der Waals surface area contributed by atoms with Gasteiger partial charge in [0.1, 0.15) is 5.76 Å². The van der Waals surface area contributed by atoms with E-state index in [0.717, 1.165) is 22.7 Å². The molecule has 3 rings (SSSR count). The first-order chi connectivity index (χ1) is 14.0. The minimum absolute atomic E-state index is 0.112. The molecule has 2 aromatic heterocycles. The number of hydrogen-bond donors (Lipinski definition) is 1. The smallest absolute Gasteiger partial charge is 0.337 e. The quantitative estimate of drug-likeness (QED) is 0.447. The number of amides is 1. The van der Waals surface area contributed by atoms with Crippen LogP contribution in [0.4, 0.5) is 0 Å². The number of aryl methyl sites for hydroxylation is 1. The third-order valence-corrected chi connectivity index (χ3v) is 5.30. The third-order valence-electron chi connectivity index (χ3n) is 4.33. The Morgan fingerprint density at radius 1 is 1.21 bits per heavy atom. The van der Waals surface area contributed by atoms with Crippen molar-refractivity contribution in [1.29, 1.82) is 0 Å². The Hall–Kier alpha value is -3.07.